The molecule has 5 heteroatoms. The molecule has 23 heavy (non-hydrogen) atoms. The van der Waals surface area contributed by atoms with Gasteiger partial charge in [-0.05, 0) is 56.2 Å². The first kappa shape index (κ1) is 15.6. The van der Waals surface area contributed by atoms with Crippen LogP contribution in [0.3, 0.4) is 0 Å². The molecule has 0 saturated heterocycles. The van der Waals surface area contributed by atoms with Gasteiger partial charge in [0.05, 0.1) is 5.52 Å². The number of fused-ring (bicyclic) bond motifs is 1. The summed E-state index contributed by atoms with van der Waals surface area (Å²) in [5.74, 6) is -0.380. The topological polar surface area (TPSA) is 75.1 Å². The van der Waals surface area contributed by atoms with E-state index < -0.39 is 5.76 Å². The van der Waals surface area contributed by atoms with Crippen LogP contribution in [0.4, 0.5) is 0 Å². The van der Waals surface area contributed by atoms with Gasteiger partial charge >= 0.3 is 5.76 Å². The van der Waals surface area contributed by atoms with Crippen LogP contribution in [0.1, 0.15) is 44.1 Å². The monoisotopic (exact) mass is 314 g/mol. The van der Waals surface area contributed by atoms with Crippen molar-refractivity contribution in [1.82, 2.24) is 10.3 Å². The normalized spacial score (nSPS) is 14.7. The van der Waals surface area contributed by atoms with Crippen molar-refractivity contribution in [3.63, 3.8) is 0 Å². The summed E-state index contributed by atoms with van der Waals surface area (Å²) >= 11 is 0. The summed E-state index contributed by atoms with van der Waals surface area (Å²) < 4.78 is 4.96. The van der Waals surface area contributed by atoms with Gasteiger partial charge in [-0.2, -0.15) is 0 Å². The van der Waals surface area contributed by atoms with Gasteiger partial charge in [0.15, 0.2) is 5.58 Å². The van der Waals surface area contributed by atoms with Crippen LogP contribution in [0.2, 0.25) is 0 Å². The third kappa shape index (κ3) is 4.34. The van der Waals surface area contributed by atoms with E-state index in [1.807, 2.05) is 12.1 Å². The second-order valence-electron chi connectivity index (χ2n) is 6.05. The van der Waals surface area contributed by atoms with Gasteiger partial charge in [0, 0.05) is 13.0 Å². The highest BCUT2D eigenvalue weighted by atomic mass is 16.4. The SMILES string of the molecule is O=C(CCc1ccc2oc(=O)[nH]c2c1)NCCC1=CCCCC1. The fourth-order valence-electron chi connectivity index (χ4n) is 3.00. The summed E-state index contributed by atoms with van der Waals surface area (Å²) in [5.41, 5.74) is 3.71. The Balaban J connectivity index is 1.44. The first-order valence-corrected chi connectivity index (χ1v) is 8.27. The Hall–Kier alpha value is -2.30. The van der Waals surface area contributed by atoms with Gasteiger partial charge in [-0.15, -0.1) is 0 Å². The van der Waals surface area contributed by atoms with Crippen LogP contribution in [0.5, 0.6) is 0 Å². The highest BCUT2D eigenvalue weighted by Gasteiger charge is 2.07. The number of oxazole rings is 1. The molecule has 0 unspecified atom stereocenters. The molecule has 1 aliphatic rings. The Morgan fingerprint density at radius 3 is 3.00 bits per heavy atom. The maximum absolute atomic E-state index is 11.9. The first-order chi connectivity index (χ1) is 11.2. The third-order valence-electron chi connectivity index (χ3n) is 4.28. The zero-order chi connectivity index (χ0) is 16.1. The number of carbonyl (C=O) groups is 1. The number of hydrogen-bond donors (Lipinski definition) is 2. The molecule has 2 aromatic rings. The number of benzene rings is 1. The lowest BCUT2D eigenvalue weighted by Gasteiger charge is -2.12. The average molecular weight is 314 g/mol. The van der Waals surface area contributed by atoms with Crippen molar-refractivity contribution < 1.29 is 9.21 Å². The standard InChI is InChI=1S/C18H22N2O3/c21-17(19-11-10-13-4-2-1-3-5-13)9-7-14-6-8-16-15(12-14)20-18(22)23-16/h4,6,8,12H,1-3,5,7,9-11H2,(H,19,21)(H,20,22). The van der Waals surface area contributed by atoms with E-state index in [2.05, 4.69) is 16.4 Å². The molecule has 0 spiro atoms. The molecule has 0 saturated carbocycles. The Kier molecular flexibility index (Phi) is 4.95. The molecule has 0 radical (unpaired) electrons. The van der Waals surface area contributed by atoms with Gasteiger partial charge in [-0.25, -0.2) is 4.79 Å². The molecule has 1 aromatic carbocycles. The van der Waals surface area contributed by atoms with Crippen molar-refractivity contribution in [3.8, 4) is 0 Å². The lowest BCUT2D eigenvalue weighted by molar-refractivity contribution is -0.121. The average Bonchev–Trinajstić information content (AvgIpc) is 2.93. The predicted octanol–water partition coefficient (Wildman–Crippen LogP) is 3.06. The van der Waals surface area contributed by atoms with E-state index in [0.717, 1.165) is 18.5 Å². The van der Waals surface area contributed by atoms with Gasteiger partial charge in [-0.1, -0.05) is 17.7 Å². The number of allylic oxidation sites excluding steroid dienone is 1. The zero-order valence-electron chi connectivity index (χ0n) is 13.2. The largest absolute Gasteiger partial charge is 0.417 e. The van der Waals surface area contributed by atoms with Crippen LogP contribution in [0.25, 0.3) is 11.1 Å². The summed E-state index contributed by atoms with van der Waals surface area (Å²) in [6.07, 6.45) is 9.32. The van der Waals surface area contributed by atoms with Crippen LogP contribution in [-0.2, 0) is 11.2 Å². The number of aromatic nitrogens is 1. The number of H-pyrrole nitrogens is 1. The molecule has 1 amide bonds. The maximum atomic E-state index is 11.9. The van der Waals surface area contributed by atoms with Crippen LogP contribution in [0.15, 0.2) is 39.1 Å². The van der Waals surface area contributed by atoms with E-state index >= 15 is 0 Å². The molecule has 2 N–H and O–H groups in total. The number of rotatable bonds is 6. The summed E-state index contributed by atoms with van der Waals surface area (Å²) in [6, 6.07) is 5.51. The first-order valence-electron chi connectivity index (χ1n) is 8.27. The molecule has 0 fully saturated rings. The molecule has 5 nitrogen and oxygen atoms in total. The van der Waals surface area contributed by atoms with Gasteiger partial charge in [-0.3, -0.25) is 9.78 Å². The van der Waals surface area contributed by atoms with Crippen LogP contribution in [-0.4, -0.2) is 17.4 Å². The second kappa shape index (κ2) is 7.31. The van der Waals surface area contributed by atoms with E-state index in [0.29, 0.717) is 23.9 Å². The number of aromatic amines is 1. The van der Waals surface area contributed by atoms with E-state index in [1.165, 1.54) is 31.3 Å². The molecule has 0 bridgehead atoms. The van der Waals surface area contributed by atoms with Gasteiger partial charge < -0.3 is 9.73 Å². The fourth-order valence-corrected chi connectivity index (χ4v) is 3.00. The van der Waals surface area contributed by atoms with E-state index in [9.17, 15) is 9.59 Å². The molecule has 1 aliphatic carbocycles. The van der Waals surface area contributed by atoms with Crippen molar-refractivity contribution in [2.24, 2.45) is 0 Å². The van der Waals surface area contributed by atoms with Crippen molar-refractivity contribution in [2.45, 2.75) is 44.9 Å². The highest BCUT2D eigenvalue weighted by molar-refractivity contribution is 5.77. The van der Waals surface area contributed by atoms with Crippen LogP contribution < -0.4 is 11.1 Å². The lowest BCUT2D eigenvalue weighted by atomic mass is 9.97. The van der Waals surface area contributed by atoms with E-state index in [-0.39, 0.29) is 5.91 Å². The van der Waals surface area contributed by atoms with Crippen molar-refractivity contribution in [1.29, 1.82) is 0 Å². The third-order valence-corrected chi connectivity index (χ3v) is 4.28. The molecule has 122 valence electrons. The summed E-state index contributed by atoms with van der Waals surface area (Å²) in [4.78, 5) is 25.7. The molecule has 0 aliphatic heterocycles. The fraction of sp³-hybridized carbons (Fsp3) is 0.444. The minimum absolute atomic E-state index is 0.0715. The van der Waals surface area contributed by atoms with Crippen molar-refractivity contribution >= 4 is 17.0 Å². The second-order valence-corrected chi connectivity index (χ2v) is 6.05. The van der Waals surface area contributed by atoms with Crippen molar-refractivity contribution in [3.05, 3.63) is 46.0 Å². The van der Waals surface area contributed by atoms with Crippen LogP contribution in [0, 0.1) is 0 Å². The van der Waals surface area contributed by atoms with Gasteiger partial charge in [0.1, 0.15) is 0 Å². The highest BCUT2D eigenvalue weighted by Crippen LogP contribution is 2.19. The van der Waals surface area contributed by atoms with E-state index in [1.54, 1.807) is 6.07 Å². The maximum Gasteiger partial charge on any atom is 0.417 e. The van der Waals surface area contributed by atoms with Gasteiger partial charge in [0.25, 0.3) is 0 Å². The smallest absolute Gasteiger partial charge is 0.408 e. The number of hydrogen-bond acceptors (Lipinski definition) is 3. The number of nitrogens with one attached hydrogen (secondary N) is 2. The zero-order valence-corrected chi connectivity index (χ0v) is 13.2. The summed E-state index contributed by atoms with van der Waals surface area (Å²) in [5, 5.41) is 2.99. The Bertz CT molecular complexity index is 770. The Morgan fingerprint density at radius 1 is 1.26 bits per heavy atom. The summed E-state index contributed by atoms with van der Waals surface area (Å²) in [7, 11) is 0. The van der Waals surface area contributed by atoms with E-state index in [4.69, 9.17) is 4.42 Å². The molecule has 0 atom stereocenters. The Morgan fingerprint density at radius 2 is 2.17 bits per heavy atom. The summed E-state index contributed by atoms with van der Waals surface area (Å²) in [6.45, 7) is 0.721. The molecule has 1 heterocycles. The minimum Gasteiger partial charge on any atom is -0.408 e. The van der Waals surface area contributed by atoms with Crippen molar-refractivity contribution in [2.75, 3.05) is 6.54 Å². The molecule has 1 aromatic heterocycles. The Labute approximate surface area is 134 Å². The molecular weight excluding hydrogens is 292 g/mol. The quantitative estimate of drug-likeness (QED) is 0.805. The molecular formula is C18H22N2O3. The predicted molar refractivity (Wildman–Crippen MR) is 89.3 cm³/mol. The number of amides is 1. The molecule has 3 rings (SSSR count). The lowest BCUT2D eigenvalue weighted by Crippen LogP contribution is -2.25. The number of carbonyl (C=O) groups excluding carboxylic acids is 1. The minimum atomic E-state index is -0.452. The van der Waals surface area contributed by atoms with Crippen LogP contribution >= 0.6 is 0 Å². The van der Waals surface area contributed by atoms with Gasteiger partial charge in [0.2, 0.25) is 5.91 Å². The number of aryl methyl sites for hydroxylation is 1.